The lowest BCUT2D eigenvalue weighted by molar-refractivity contribution is 0.239. The van der Waals surface area contributed by atoms with Crippen LogP contribution in [0.1, 0.15) is 44.6 Å². The molecule has 1 N–H and O–H groups in total. The van der Waals surface area contributed by atoms with Crippen molar-refractivity contribution in [3.63, 3.8) is 0 Å². The first-order chi connectivity index (χ1) is 10.0. The van der Waals surface area contributed by atoms with Gasteiger partial charge in [-0.3, -0.25) is 0 Å². The normalized spacial score (nSPS) is 20.6. The Labute approximate surface area is 125 Å². The molecule has 6 heteroatoms. The molecule has 0 saturated carbocycles. The van der Waals surface area contributed by atoms with E-state index in [-0.39, 0.29) is 17.5 Å². The maximum absolute atomic E-state index is 14.0. The van der Waals surface area contributed by atoms with Crippen LogP contribution in [0.3, 0.4) is 0 Å². The van der Waals surface area contributed by atoms with E-state index in [9.17, 15) is 12.8 Å². The van der Waals surface area contributed by atoms with E-state index in [1.165, 1.54) is 16.4 Å². The highest BCUT2D eigenvalue weighted by Gasteiger charge is 2.34. The monoisotopic (exact) mass is 315 g/mol. The van der Waals surface area contributed by atoms with E-state index in [1.54, 1.807) is 0 Å². The third-order valence-corrected chi connectivity index (χ3v) is 5.93. The summed E-state index contributed by atoms with van der Waals surface area (Å²) in [5, 5.41) is 9.13. The van der Waals surface area contributed by atoms with Crippen molar-refractivity contribution in [3.8, 4) is 0 Å². The molecule has 0 amide bonds. The molecule has 1 aromatic carbocycles. The number of benzene rings is 1. The van der Waals surface area contributed by atoms with Crippen molar-refractivity contribution in [1.82, 2.24) is 4.31 Å². The molecule has 0 spiro atoms. The zero-order valence-corrected chi connectivity index (χ0v) is 13.1. The number of rotatable bonds is 5. The quantitative estimate of drug-likeness (QED) is 0.909. The van der Waals surface area contributed by atoms with E-state index in [2.05, 4.69) is 0 Å². The molecule has 4 nitrogen and oxygen atoms in total. The van der Waals surface area contributed by atoms with E-state index >= 15 is 0 Å². The fourth-order valence-electron chi connectivity index (χ4n) is 2.88. The van der Waals surface area contributed by atoms with E-state index < -0.39 is 15.8 Å². The summed E-state index contributed by atoms with van der Waals surface area (Å²) in [6, 6.07) is 3.69. The Morgan fingerprint density at radius 2 is 2.14 bits per heavy atom. The number of halogens is 1. The van der Waals surface area contributed by atoms with Gasteiger partial charge in [-0.1, -0.05) is 25.8 Å². The molecule has 1 aromatic rings. The molecule has 0 aliphatic carbocycles. The van der Waals surface area contributed by atoms with Gasteiger partial charge >= 0.3 is 0 Å². The Balaban J connectivity index is 2.40. The van der Waals surface area contributed by atoms with Gasteiger partial charge in [-0.25, -0.2) is 12.8 Å². The molecule has 118 valence electrons. The Morgan fingerprint density at radius 3 is 2.81 bits per heavy atom. The highest BCUT2D eigenvalue weighted by atomic mass is 32.2. The van der Waals surface area contributed by atoms with Crippen molar-refractivity contribution >= 4 is 10.0 Å². The van der Waals surface area contributed by atoms with Gasteiger partial charge in [0.15, 0.2) is 0 Å². The number of piperidine rings is 1. The van der Waals surface area contributed by atoms with Crippen LogP contribution in [0.15, 0.2) is 23.1 Å². The lowest BCUT2D eigenvalue weighted by atomic mass is 10.0. The molecule has 1 aliphatic heterocycles. The van der Waals surface area contributed by atoms with Crippen LogP contribution in [0, 0.1) is 5.82 Å². The summed E-state index contributed by atoms with van der Waals surface area (Å²) in [5.74, 6) is -0.756. The molecule has 0 aromatic heterocycles. The van der Waals surface area contributed by atoms with Crippen LogP contribution < -0.4 is 0 Å². The van der Waals surface area contributed by atoms with Crippen molar-refractivity contribution in [2.45, 2.75) is 56.6 Å². The van der Waals surface area contributed by atoms with E-state index in [1.807, 2.05) is 6.92 Å². The van der Waals surface area contributed by atoms with Crippen LogP contribution in [0.4, 0.5) is 4.39 Å². The van der Waals surface area contributed by atoms with Crippen LogP contribution in [0.25, 0.3) is 0 Å². The maximum atomic E-state index is 14.0. The van der Waals surface area contributed by atoms with Crippen molar-refractivity contribution in [2.75, 3.05) is 6.54 Å². The maximum Gasteiger partial charge on any atom is 0.246 e. The molecule has 1 unspecified atom stereocenters. The smallest absolute Gasteiger partial charge is 0.246 e. The summed E-state index contributed by atoms with van der Waals surface area (Å²) in [7, 11) is -3.85. The Hall–Kier alpha value is -0.980. The van der Waals surface area contributed by atoms with Crippen molar-refractivity contribution in [3.05, 3.63) is 29.6 Å². The first-order valence-corrected chi connectivity index (χ1v) is 8.85. The van der Waals surface area contributed by atoms with Gasteiger partial charge in [0, 0.05) is 12.6 Å². The van der Waals surface area contributed by atoms with E-state index in [0.717, 1.165) is 38.2 Å². The average Bonchev–Trinajstić information content (AvgIpc) is 2.48. The minimum atomic E-state index is -3.85. The molecular formula is C15H22FNO3S. The third-order valence-electron chi connectivity index (χ3n) is 3.96. The molecule has 1 heterocycles. The Morgan fingerprint density at radius 1 is 1.38 bits per heavy atom. The molecule has 21 heavy (non-hydrogen) atoms. The molecule has 1 aliphatic rings. The standard InChI is InChI=1S/C15H22FNO3S/c1-2-5-13-6-3-4-9-17(13)21(19,20)15-10-12(11-18)7-8-14(15)16/h7-8,10,13,18H,2-6,9,11H2,1H3. The van der Waals surface area contributed by atoms with Crippen molar-refractivity contribution in [2.24, 2.45) is 0 Å². The first kappa shape index (κ1) is 16.4. The second-order valence-corrected chi connectivity index (χ2v) is 7.34. The zero-order chi connectivity index (χ0) is 15.5. The van der Waals surface area contributed by atoms with Crippen LogP contribution in [-0.2, 0) is 16.6 Å². The number of aliphatic hydroxyl groups is 1. The number of hydrogen-bond donors (Lipinski definition) is 1. The van der Waals surface area contributed by atoms with Gasteiger partial charge in [-0.2, -0.15) is 4.31 Å². The minimum absolute atomic E-state index is 0.0501. The summed E-state index contributed by atoms with van der Waals surface area (Å²) >= 11 is 0. The fraction of sp³-hybridized carbons (Fsp3) is 0.600. The predicted octanol–water partition coefficient (Wildman–Crippen LogP) is 2.66. The molecule has 0 bridgehead atoms. The van der Waals surface area contributed by atoms with Crippen LogP contribution in [0.5, 0.6) is 0 Å². The van der Waals surface area contributed by atoms with Gasteiger partial charge in [-0.15, -0.1) is 0 Å². The Bertz CT molecular complexity index is 587. The summed E-state index contributed by atoms with van der Waals surface area (Å²) in [6.45, 7) is 2.16. The molecular weight excluding hydrogens is 293 g/mol. The van der Waals surface area contributed by atoms with Gasteiger partial charge in [-0.05, 0) is 37.0 Å². The van der Waals surface area contributed by atoms with Gasteiger partial charge in [0.2, 0.25) is 10.0 Å². The Kier molecular flexibility index (Phi) is 5.35. The van der Waals surface area contributed by atoms with Gasteiger partial charge in [0.05, 0.1) is 6.61 Å². The number of hydrogen-bond acceptors (Lipinski definition) is 3. The summed E-state index contributed by atoms with van der Waals surface area (Å²) < 4.78 is 41.0. The number of sulfonamides is 1. The summed E-state index contributed by atoms with van der Waals surface area (Å²) in [5.41, 5.74) is 0.402. The van der Waals surface area contributed by atoms with Gasteiger partial charge in [0.1, 0.15) is 10.7 Å². The zero-order valence-electron chi connectivity index (χ0n) is 12.3. The summed E-state index contributed by atoms with van der Waals surface area (Å²) in [6.07, 6.45) is 4.33. The van der Waals surface area contributed by atoms with Crippen LogP contribution >= 0.6 is 0 Å². The largest absolute Gasteiger partial charge is 0.392 e. The lowest BCUT2D eigenvalue weighted by Crippen LogP contribution is -2.43. The van der Waals surface area contributed by atoms with Crippen molar-refractivity contribution < 1.29 is 17.9 Å². The lowest BCUT2D eigenvalue weighted by Gasteiger charge is -2.34. The third kappa shape index (κ3) is 3.44. The van der Waals surface area contributed by atoms with E-state index in [0.29, 0.717) is 12.1 Å². The molecule has 2 rings (SSSR count). The molecule has 1 saturated heterocycles. The summed E-state index contributed by atoms with van der Waals surface area (Å²) in [4.78, 5) is -0.322. The minimum Gasteiger partial charge on any atom is -0.392 e. The van der Waals surface area contributed by atoms with E-state index in [4.69, 9.17) is 5.11 Å². The molecule has 0 radical (unpaired) electrons. The van der Waals surface area contributed by atoms with Gasteiger partial charge < -0.3 is 5.11 Å². The predicted molar refractivity (Wildman–Crippen MR) is 78.8 cm³/mol. The second-order valence-electron chi connectivity index (χ2n) is 5.48. The second kappa shape index (κ2) is 6.85. The molecule has 1 fully saturated rings. The SMILES string of the molecule is CCCC1CCCCN1S(=O)(=O)c1cc(CO)ccc1F. The highest BCUT2D eigenvalue weighted by Crippen LogP contribution is 2.29. The topological polar surface area (TPSA) is 57.6 Å². The first-order valence-electron chi connectivity index (χ1n) is 7.41. The van der Waals surface area contributed by atoms with Crippen LogP contribution in [0.2, 0.25) is 0 Å². The van der Waals surface area contributed by atoms with Crippen LogP contribution in [-0.4, -0.2) is 30.4 Å². The fourth-order valence-corrected chi connectivity index (χ4v) is 4.72. The highest BCUT2D eigenvalue weighted by molar-refractivity contribution is 7.89. The number of nitrogens with zero attached hydrogens (tertiary/aromatic N) is 1. The molecule has 1 atom stereocenters. The van der Waals surface area contributed by atoms with Gasteiger partial charge in [0.25, 0.3) is 0 Å². The number of aliphatic hydroxyl groups excluding tert-OH is 1. The average molecular weight is 315 g/mol. The van der Waals surface area contributed by atoms with Crippen molar-refractivity contribution in [1.29, 1.82) is 0 Å².